The maximum absolute atomic E-state index is 12.6. The predicted molar refractivity (Wildman–Crippen MR) is 71.2 cm³/mol. The number of carboxylic acid groups (broad SMARTS) is 1. The molecule has 1 aromatic carbocycles. The summed E-state index contributed by atoms with van der Waals surface area (Å²) in [6.45, 7) is 3.33. The van der Waals surface area contributed by atoms with E-state index in [0.717, 1.165) is 29.0 Å². The summed E-state index contributed by atoms with van der Waals surface area (Å²) in [6, 6.07) is 5.01. The summed E-state index contributed by atoms with van der Waals surface area (Å²) < 4.78 is 37.8. The average Bonchev–Trinajstić information content (AvgIpc) is 2.70. The van der Waals surface area contributed by atoms with Gasteiger partial charge in [-0.05, 0) is 48.7 Å². The number of carbonyl (C=O) groups is 1. The van der Waals surface area contributed by atoms with E-state index in [1.165, 1.54) is 12.1 Å². The second-order valence-electron chi connectivity index (χ2n) is 4.46. The zero-order valence-corrected chi connectivity index (χ0v) is 11.5. The molecule has 0 aliphatic rings. The number of aryl methyl sites for hydroxylation is 2. The predicted octanol–water partition coefficient (Wildman–Crippen LogP) is 4.75. The molecule has 0 saturated carbocycles. The quantitative estimate of drug-likeness (QED) is 0.869. The normalized spacial score (nSPS) is 11.7. The first-order chi connectivity index (χ1) is 9.20. The zero-order chi connectivity index (χ0) is 15.1. The van der Waals surface area contributed by atoms with Gasteiger partial charge >= 0.3 is 12.1 Å². The Bertz CT molecular complexity index is 672. The lowest BCUT2D eigenvalue weighted by atomic mass is 10.0. The van der Waals surface area contributed by atoms with Crippen LogP contribution in [0.2, 0.25) is 0 Å². The summed E-state index contributed by atoms with van der Waals surface area (Å²) >= 11 is 1.07. The van der Waals surface area contributed by atoms with Crippen LogP contribution in [-0.2, 0) is 6.18 Å². The highest BCUT2D eigenvalue weighted by Gasteiger charge is 2.30. The van der Waals surface area contributed by atoms with Gasteiger partial charge in [0.1, 0.15) is 4.88 Å². The molecule has 0 atom stereocenters. The Labute approximate surface area is 117 Å². The number of hydrogen-bond donors (Lipinski definition) is 1. The summed E-state index contributed by atoms with van der Waals surface area (Å²) in [7, 11) is 0. The Morgan fingerprint density at radius 1 is 1.15 bits per heavy atom. The number of thiophene rings is 1. The van der Waals surface area contributed by atoms with E-state index in [1.54, 1.807) is 13.8 Å². The third kappa shape index (κ3) is 2.70. The molecule has 0 radical (unpaired) electrons. The molecule has 1 heterocycles. The van der Waals surface area contributed by atoms with Crippen LogP contribution in [0.15, 0.2) is 24.3 Å². The van der Waals surface area contributed by atoms with Crippen molar-refractivity contribution >= 4 is 17.3 Å². The molecular weight excluding hydrogens is 289 g/mol. The smallest absolute Gasteiger partial charge is 0.416 e. The molecule has 6 heteroatoms. The van der Waals surface area contributed by atoms with Crippen molar-refractivity contribution in [2.75, 3.05) is 0 Å². The number of rotatable bonds is 2. The molecule has 0 unspecified atom stereocenters. The summed E-state index contributed by atoms with van der Waals surface area (Å²) in [5, 5.41) is 8.95. The third-order valence-electron chi connectivity index (χ3n) is 2.93. The van der Waals surface area contributed by atoms with Gasteiger partial charge in [-0.2, -0.15) is 13.2 Å². The molecule has 0 saturated heterocycles. The van der Waals surface area contributed by atoms with Gasteiger partial charge in [-0.15, -0.1) is 11.3 Å². The van der Waals surface area contributed by atoms with Crippen molar-refractivity contribution in [3.8, 4) is 10.4 Å². The molecule has 0 fully saturated rings. The fourth-order valence-corrected chi connectivity index (χ4v) is 3.05. The van der Waals surface area contributed by atoms with Gasteiger partial charge < -0.3 is 5.11 Å². The van der Waals surface area contributed by atoms with E-state index < -0.39 is 17.7 Å². The zero-order valence-electron chi connectivity index (χ0n) is 10.7. The van der Waals surface area contributed by atoms with Crippen molar-refractivity contribution in [3.63, 3.8) is 0 Å². The van der Waals surface area contributed by atoms with E-state index in [-0.39, 0.29) is 4.88 Å². The van der Waals surface area contributed by atoms with Crippen molar-refractivity contribution in [3.05, 3.63) is 45.8 Å². The van der Waals surface area contributed by atoms with Gasteiger partial charge in [0.05, 0.1) is 5.56 Å². The highest BCUT2D eigenvalue weighted by atomic mass is 32.1. The minimum atomic E-state index is -4.37. The maximum atomic E-state index is 12.6. The lowest BCUT2D eigenvalue weighted by Gasteiger charge is -2.10. The van der Waals surface area contributed by atoms with Crippen molar-refractivity contribution < 1.29 is 23.1 Å². The van der Waals surface area contributed by atoms with Gasteiger partial charge in [-0.1, -0.05) is 6.07 Å². The van der Waals surface area contributed by atoms with Crippen molar-refractivity contribution in [1.82, 2.24) is 0 Å². The van der Waals surface area contributed by atoms with Gasteiger partial charge in [0.25, 0.3) is 0 Å². The maximum Gasteiger partial charge on any atom is 0.416 e. The molecule has 0 bridgehead atoms. The molecule has 0 spiro atoms. The fourth-order valence-electron chi connectivity index (χ4n) is 1.95. The minimum Gasteiger partial charge on any atom is -0.477 e. The molecule has 1 aromatic heterocycles. The Hall–Kier alpha value is -1.82. The topological polar surface area (TPSA) is 37.3 Å². The second kappa shape index (κ2) is 4.94. The monoisotopic (exact) mass is 300 g/mol. The van der Waals surface area contributed by atoms with Crippen LogP contribution in [-0.4, -0.2) is 11.1 Å². The molecule has 2 nitrogen and oxygen atoms in total. The Balaban J connectivity index is 2.51. The minimum absolute atomic E-state index is 0.178. The molecule has 0 aliphatic carbocycles. The first-order valence-electron chi connectivity index (χ1n) is 5.72. The number of hydrogen-bond acceptors (Lipinski definition) is 2. The SMILES string of the molecule is Cc1cc(C(F)(F)F)ccc1-c1sc(C(=O)O)cc1C. The van der Waals surface area contributed by atoms with E-state index >= 15 is 0 Å². The number of benzene rings is 1. The standard InChI is InChI=1S/C14H11F3O2S/c1-7-5-9(14(15,16)17)3-4-10(7)12-8(2)6-11(20-12)13(18)19/h3-6H,1-2H3,(H,18,19). The lowest BCUT2D eigenvalue weighted by molar-refractivity contribution is -0.137. The highest BCUT2D eigenvalue weighted by molar-refractivity contribution is 7.17. The van der Waals surface area contributed by atoms with Crippen molar-refractivity contribution in [1.29, 1.82) is 0 Å². The number of carboxylic acids is 1. The van der Waals surface area contributed by atoms with Crippen LogP contribution in [0, 0.1) is 13.8 Å². The molecular formula is C14H11F3O2S. The van der Waals surface area contributed by atoms with Crippen molar-refractivity contribution in [2.24, 2.45) is 0 Å². The van der Waals surface area contributed by atoms with Gasteiger partial charge in [-0.3, -0.25) is 0 Å². The number of halogens is 3. The average molecular weight is 300 g/mol. The first kappa shape index (κ1) is 14.6. The summed E-state index contributed by atoms with van der Waals surface area (Å²) in [5.41, 5.74) is 1.15. The molecule has 0 aliphatic heterocycles. The van der Waals surface area contributed by atoms with E-state index in [1.807, 2.05) is 0 Å². The van der Waals surface area contributed by atoms with Crippen LogP contribution in [0.5, 0.6) is 0 Å². The fraction of sp³-hybridized carbons (Fsp3) is 0.214. The molecule has 2 aromatic rings. The van der Waals surface area contributed by atoms with Crippen molar-refractivity contribution in [2.45, 2.75) is 20.0 Å². The van der Waals surface area contributed by atoms with Gasteiger partial charge in [0, 0.05) is 4.88 Å². The third-order valence-corrected chi connectivity index (χ3v) is 4.19. The van der Waals surface area contributed by atoms with Crippen LogP contribution in [0.1, 0.15) is 26.4 Å². The van der Waals surface area contributed by atoms with Crippen LogP contribution >= 0.6 is 11.3 Å². The van der Waals surface area contributed by atoms with Crippen LogP contribution in [0.3, 0.4) is 0 Å². The first-order valence-corrected chi connectivity index (χ1v) is 6.53. The molecule has 2 rings (SSSR count). The lowest BCUT2D eigenvalue weighted by Crippen LogP contribution is -2.05. The summed E-state index contributed by atoms with van der Waals surface area (Å²) in [4.78, 5) is 11.8. The second-order valence-corrected chi connectivity index (χ2v) is 5.51. The van der Waals surface area contributed by atoms with E-state index in [9.17, 15) is 18.0 Å². The molecule has 20 heavy (non-hydrogen) atoms. The Kier molecular flexibility index (Phi) is 3.60. The van der Waals surface area contributed by atoms with E-state index in [2.05, 4.69) is 0 Å². The highest BCUT2D eigenvalue weighted by Crippen LogP contribution is 2.37. The van der Waals surface area contributed by atoms with Crippen LogP contribution < -0.4 is 0 Å². The van der Waals surface area contributed by atoms with Crippen LogP contribution in [0.25, 0.3) is 10.4 Å². The number of alkyl halides is 3. The van der Waals surface area contributed by atoms with E-state index in [4.69, 9.17) is 5.11 Å². The molecule has 0 amide bonds. The summed E-state index contributed by atoms with van der Waals surface area (Å²) in [6.07, 6.45) is -4.37. The van der Waals surface area contributed by atoms with Gasteiger partial charge in [0.2, 0.25) is 0 Å². The van der Waals surface area contributed by atoms with Crippen LogP contribution in [0.4, 0.5) is 13.2 Å². The number of aromatic carboxylic acids is 1. The largest absolute Gasteiger partial charge is 0.477 e. The van der Waals surface area contributed by atoms with Gasteiger partial charge in [0.15, 0.2) is 0 Å². The summed E-state index contributed by atoms with van der Waals surface area (Å²) in [5.74, 6) is -1.03. The molecule has 106 valence electrons. The van der Waals surface area contributed by atoms with E-state index in [0.29, 0.717) is 16.0 Å². The Morgan fingerprint density at radius 2 is 1.80 bits per heavy atom. The Morgan fingerprint density at radius 3 is 2.25 bits per heavy atom. The van der Waals surface area contributed by atoms with Gasteiger partial charge in [-0.25, -0.2) is 4.79 Å². The molecule has 1 N–H and O–H groups in total.